The second kappa shape index (κ2) is 3.24. The van der Waals surface area contributed by atoms with Crippen LogP contribution in [-0.2, 0) is 0 Å². The van der Waals surface area contributed by atoms with Crippen LogP contribution in [0.2, 0.25) is 0 Å². The van der Waals surface area contributed by atoms with Crippen LogP contribution in [0.25, 0.3) is 5.65 Å². The summed E-state index contributed by atoms with van der Waals surface area (Å²) in [6, 6.07) is 5.90. The number of rotatable bonds is 2. The molecule has 0 saturated carbocycles. The van der Waals surface area contributed by atoms with Crippen molar-refractivity contribution < 1.29 is 4.74 Å². The normalized spacial score (nSPS) is 16.6. The molecule has 78 valence electrons. The number of nitrogens with one attached hydrogen (secondary N) is 1. The van der Waals surface area contributed by atoms with Crippen LogP contribution in [0.15, 0.2) is 24.4 Å². The van der Waals surface area contributed by atoms with E-state index in [0.717, 1.165) is 30.3 Å². The molecule has 1 N–H and O–H groups in total. The zero-order valence-corrected chi connectivity index (χ0v) is 8.60. The van der Waals surface area contributed by atoms with Gasteiger partial charge in [0.2, 0.25) is 0 Å². The number of pyridine rings is 1. The van der Waals surface area contributed by atoms with Gasteiger partial charge in [0.25, 0.3) is 0 Å². The van der Waals surface area contributed by atoms with E-state index in [1.165, 1.54) is 0 Å². The molecular formula is C11H13N3O. The Hall–Kier alpha value is -1.55. The van der Waals surface area contributed by atoms with Crippen LogP contribution >= 0.6 is 0 Å². The van der Waals surface area contributed by atoms with Gasteiger partial charge in [0, 0.05) is 25.2 Å². The monoisotopic (exact) mass is 203 g/mol. The van der Waals surface area contributed by atoms with Crippen LogP contribution in [0.4, 0.5) is 0 Å². The molecular weight excluding hydrogens is 190 g/mol. The zero-order valence-electron chi connectivity index (χ0n) is 8.60. The number of ether oxygens (including phenoxy) is 1. The Morgan fingerprint density at radius 2 is 2.33 bits per heavy atom. The molecule has 1 aliphatic heterocycles. The van der Waals surface area contributed by atoms with E-state index >= 15 is 0 Å². The highest BCUT2D eigenvalue weighted by molar-refractivity contribution is 5.44. The van der Waals surface area contributed by atoms with Gasteiger partial charge in [-0.3, -0.25) is 4.40 Å². The van der Waals surface area contributed by atoms with E-state index in [1.54, 1.807) is 7.11 Å². The first-order chi connectivity index (χ1) is 7.38. The van der Waals surface area contributed by atoms with Gasteiger partial charge in [-0.1, -0.05) is 6.07 Å². The first kappa shape index (κ1) is 8.73. The molecule has 0 spiro atoms. The zero-order chi connectivity index (χ0) is 10.3. The molecule has 0 unspecified atom stereocenters. The molecule has 3 rings (SSSR count). The van der Waals surface area contributed by atoms with Crippen molar-refractivity contribution in [3.05, 3.63) is 30.1 Å². The minimum Gasteiger partial charge on any atom is -0.482 e. The molecule has 4 nitrogen and oxygen atoms in total. The van der Waals surface area contributed by atoms with E-state index in [9.17, 15) is 0 Å². The van der Waals surface area contributed by atoms with Crippen LogP contribution in [0.3, 0.4) is 0 Å². The fourth-order valence-electron chi connectivity index (χ4n) is 1.87. The van der Waals surface area contributed by atoms with Crippen molar-refractivity contribution in [2.75, 3.05) is 20.2 Å². The minimum atomic E-state index is 0.564. The van der Waals surface area contributed by atoms with Gasteiger partial charge in [0.1, 0.15) is 5.65 Å². The summed E-state index contributed by atoms with van der Waals surface area (Å²) >= 11 is 0. The first-order valence-corrected chi connectivity index (χ1v) is 5.11. The van der Waals surface area contributed by atoms with Crippen LogP contribution in [-0.4, -0.2) is 29.6 Å². The van der Waals surface area contributed by atoms with Gasteiger partial charge in [-0.05, 0) is 12.1 Å². The molecule has 2 aromatic heterocycles. The summed E-state index contributed by atoms with van der Waals surface area (Å²) in [6.45, 7) is 2.07. The third kappa shape index (κ3) is 1.29. The molecule has 15 heavy (non-hydrogen) atoms. The van der Waals surface area contributed by atoms with Crippen molar-refractivity contribution in [1.82, 2.24) is 14.7 Å². The lowest BCUT2D eigenvalue weighted by Gasteiger charge is -2.24. The average Bonchev–Trinajstić information content (AvgIpc) is 2.57. The third-order valence-corrected chi connectivity index (χ3v) is 2.88. The minimum absolute atomic E-state index is 0.564. The quantitative estimate of drug-likeness (QED) is 0.792. The third-order valence-electron chi connectivity index (χ3n) is 2.88. The Kier molecular flexibility index (Phi) is 1.89. The van der Waals surface area contributed by atoms with Crippen molar-refractivity contribution in [3.8, 4) is 5.88 Å². The second-order valence-corrected chi connectivity index (χ2v) is 3.82. The Morgan fingerprint density at radius 1 is 1.47 bits per heavy atom. The molecule has 3 heterocycles. The maximum atomic E-state index is 5.28. The Morgan fingerprint density at radius 3 is 3.00 bits per heavy atom. The smallest absolute Gasteiger partial charge is 0.198 e. The van der Waals surface area contributed by atoms with Gasteiger partial charge in [0.15, 0.2) is 5.88 Å². The maximum Gasteiger partial charge on any atom is 0.198 e. The highest BCUT2D eigenvalue weighted by atomic mass is 16.5. The van der Waals surface area contributed by atoms with Gasteiger partial charge in [-0.15, -0.1) is 0 Å². The molecule has 4 heteroatoms. The molecule has 0 radical (unpaired) electrons. The lowest BCUT2D eigenvalue weighted by molar-refractivity contribution is 0.392. The van der Waals surface area contributed by atoms with Gasteiger partial charge in [-0.2, -0.15) is 0 Å². The number of aromatic nitrogens is 2. The highest BCUT2D eigenvalue weighted by Crippen LogP contribution is 2.22. The summed E-state index contributed by atoms with van der Waals surface area (Å²) in [7, 11) is 1.68. The fraction of sp³-hybridized carbons (Fsp3) is 0.364. The Labute approximate surface area is 87.9 Å². The highest BCUT2D eigenvalue weighted by Gasteiger charge is 2.21. The molecule has 1 saturated heterocycles. The van der Waals surface area contributed by atoms with Crippen molar-refractivity contribution in [2.45, 2.75) is 5.92 Å². The number of fused-ring (bicyclic) bond motifs is 1. The van der Waals surface area contributed by atoms with Crippen LogP contribution in [0.5, 0.6) is 5.88 Å². The topological polar surface area (TPSA) is 38.6 Å². The van der Waals surface area contributed by atoms with E-state index in [4.69, 9.17) is 4.74 Å². The van der Waals surface area contributed by atoms with Crippen molar-refractivity contribution in [1.29, 1.82) is 0 Å². The van der Waals surface area contributed by atoms with E-state index in [-0.39, 0.29) is 0 Å². The average molecular weight is 203 g/mol. The van der Waals surface area contributed by atoms with E-state index < -0.39 is 0 Å². The summed E-state index contributed by atoms with van der Waals surface area (Å²) in [5, 5.41) is 3.25. The van der Waals surface area contributed by atoms with E-state index in [1.807, 2.05) is 22.6 Å². The van der Waals surface area contributed by atoms with Crippen LogP contribution in [0.1, 0.15) is 11.6 Å². The van der Waals surface area contributed by atoms with Gasteiger partial charge in [0.05, 0.1) is 12.8 Å². The molecule has 0 bridgehead atoms. The number of methoxy groups -OCH3 is 1. The summed E-state index contributed by atoms with van der Waals surface area (Å²) in [5.41, 5.74) is 2.11. The van der Waals surface area contributed by atoms with Crippen molar-refractivity contribution in [2.24, 2.45) is 0 Å². The molecule has 0 amide bonds. The van der Waals surface area contributed by atoms with Gasteiger partial charge < -0.3 is 10.1 Å². The van der Waals surface area contributed by atoms with E-state index in [0.29, 0.717) is 5.92 Å². The Balaban J connectivity index is 2.12. The van der Waals surface area contributed by atoms with Crippen molar-refractivity contribution >= 4 is 5.65 Å². The maximum absolute atomic E-state index is 5.28. The molecule has 1 fully saturated rings. The van der Waals surface area contributed by atoms with Crippen molar-refractivity contribution in [3.63, 3.8) is 0 Å². The SMILES string of the molecule is COc1cccc2nc(C3CNC3)cn12. The van der Waals surface area contributed by atoms with Gasteiger partial charge in [-0.25, -0.2) is 4.98 Å². The molecule has 2 aromatic rings. The van der Waals surface area contributed by atoms with Crippen LogP contribution in [0, 0.1) is 0 Å². The number of hydrogen-bond acceptors (Lipinski definition) is 3. The molecule has 0 aromatic carbocycles. The second-order valence-electron chi connectivity index (χ2n) is 3.82. The summed E-state index contributed by atoms with van der Waals surface area (Å²) in [4.78, 5) is 4.59. The number of imidazole rings is 1. The van der Waals surface area contributed by atoms with Gasteiger partial charge >= 0.3 is 0 Å². The predicted octanol–water partition coefficient (Wildman–Crippen LogP) is 1.03. The fourth-order valence-corrected chi connectivity index (χ4v) is 1.87. The lowest BCUT2D eigenvalue weighted by Crippen LogP contribution is -2.40. The predicted molar refractivity (Wildman–Crippen MR) is 57.4 cm³/mol. The Bertz CT molecular complexity index is 488. The standard InChI is InChI=1S/C11H13N3O/c1-15-11-4-2-3-10-13-9(7-14(10)11)8-5-12-6-8/h2-4,7-8,12H,5-6H2,1H3. The van der Waals surface area contributed by atoms with E-state index in [2.05, 4.69) is 16.5 Å². The number of hydrogen-bond donors (Lipinski definition) is 1. The molecule has 0 atom stereocenters. The summed E-state index contributed by atoms with van der Waals surface area (Å²) in [5.74, 6) is 1.40. The summed E-state index contributed by atoms with van der Waals surface area (Å²) < 4.78 is 7.27. The molecule has 0 aliphatic carbocycles. The molecule has 1 aliphatic rings. The lowest BCUT2D eigenvalue weighted by atomic mass is 10.0. The number of nitrogens with zero attached hydrogens (tertiary/aromatic N) is 2. The summed E-state index contributed by atoms with van der Waals surface area (Å²) in [6.07, 6.45) is 2.07. The first-order valence-electron chi connectivity index (χ1n) is 5.11. The van der Waals surface area contributed by atoms with Crippen LogP contribution < -0.4 is 10.1 Å². The largest absolute Gasteiger partial charge is 0.482 e.